The van der Waals surface area contributed by atoms with Gasteiger partial charge >= 0.3 is 12.5 Å². The molecule has 3 nitrogen and oxygen atoms in total. The summed E-state index contributed by atoms with van der Waals surface area (Å²) in [6.07, 6.45) is -17.8. The fourth-order valence-corrected chi connectivity index (χ4v) is 1.80. The third kappa shape index (κ3) is 2.95. The van der Waals surface area contributed by atoms with Crippen LogP contribution in [0.4, 0.5) is 30.7 Å². The van der Waals surface area contributed by atoms with Gasteiger partial charge in [-0.3, -0.25) is 0 Å². The Labute approximate surface area is 104 Å². The van der Waals surface area contributed by atoms with Crippen molar-refractivity contribution in [3.8, 4) is 0 Å². The van der Waals surface area contributed by atoms with Crippen LogP contribution in [0.2, 0.25) is 0 Å². The number of ether oxygens (including phenoxy) is 1. The minimum atomic E-state index is -5.68. The maximum absolute atomic E-state index is 13.5. The molecule has 0 saturated carbocycles. The Bertz CT molecular complexity index is 307. The Morgan fingerprint density at radius 1 is 1.21 bits per heavy atom. The van der Waals surface area contributed by atoms with Crippen LogP contribution in [-0.4, -0.2) is 54.6 Å². The molecule has 0 aromatic carbocycles. The molecule has 0 spiro atoms. The van der Waals surface area contributed by atoms with Crippen LogP contribution in [-0.2, 0) is 4.74 Å². The Morgan fingerprint density at radius 3 is 2.05 bits per heavy atom. The van der Waals surface area contributed by atoms with E-state index in [1.54, 1.807) is 0 Å². The molecule has 1 heterocycles. The Hall–Kier alpha value is -0.610. The quantitative estimate of drug-likeness (QED) is 0.586. The van der Waals surface area contributed by atoms with E-state index in [0.717, 1.165) is 7.11 Å². The average molecular weight is 298 g/mol. The molecule has 1 aliphatic heterocycles. The molecular weight excluding hydrogens is 285 g/mol. The minimum absolute atomic E-state index is 0.165. The largest absolute Gasteiger partial charge is 0.468 e. The molecule has 114 valence electrons. The molecule has 0 aromatic rings. The van der Waals surface area contributed by atoms with Crippen LogP contribution in [0.15, 0.2) is 0 Å². The molecule has 10 heteroatoms. The zero-order chi connectivity index (χ0) is 15.0. The first-order valence-electron chi connectivity index (χ1n) is 5.39. The summed E-state index contributed by atoms with van der Waals surface area (Å²) in [5.74, 6) is 0. The van der Waals surface area contributed by atoms with Crippen LogP contribution >= 0.6 is 0 Å². The molecule has 19 heavy (non-hydrogen) atoms. The van der Waals surface area contributed by atoms with Gasteiger partial charge in [0.2, 0.25) is 12.6 Å². The van der Waals surface area contributed by atoms with E-state index in [4.69, 9.17) is 4.74 Å². The number of rotatable bonds is 4. The molecular formula is C9H13F7N2O. The second-order valence-corrected chi connectivity index (χ2v) is 4.01. The van der Waals surface area contributed by atoms with Crippen molar-refractivity contribution in [1.82, 2.24) is 9.80 Å². The highest BCUT2D eigenvalue weighted by Gasteiger charge is 2.69. The zero-order valence-corrected chi connectivity index (χ0v) is 10.1. The number of methoxy groups -OCH3 is 1. The van der Waals surface area contributed by atoms with Gasteiger partial charge in [0.1, 0.15) is 0 Å². The van der Waals surface area contributed by atoms with Gasteiger partial charge in [-0.15, -0.1) is 4.90 Å². The maximum Gasteiger partial charge on any atom is 0.468 e. The van der Waals surface area contributed by atoms with E-state index in [-0.39, 0.29) is 6.42 Å². The van der Waals surface area contributed by atoms with E-state index in [2.05, 4.69) is 0 Å². The number of hydrogen-bond acceptors (Lipinski definition) is 3. The van der Waals surface area contributed by atoms with E-state index < -0.39 is 47.5 Å². The second kappa shape index (κ2) is 5.41. The van der Waals surface area contributed by atoms with Gasteiger partial charge in [0.05, 0.1) is 6.10 Å². The van der Waals surface area contributed by atoms with Gasteiger partial charge in [0, 0.05) is 13.7 Å². The number of hydrogen-bond donors (Lipinski definition) is 0. The van der Waals surface area contributed by atoms with Crippen molar-refractivity contribution in [1.29, 1.82) is 0 Å². The number of alkyl halides is 7. The fourth-order valence-electron chi connectivity index (χ4n) is 1.80. The van der Waals surface area contributed by atoms with Crippen molar-refractivity contribution in [3.63, 3.8) is 0 Å². The molecule has 0 N–H and O–H groups in total. The third-order valence-electron chi connectivity index (χ3n) is 2.87. The van der Waals surface area contributed by atoms with Crippen molar-refractivity contribution in [3.05, 3.63) is 0 Å². The summed E-state index contributed by atoms with van der Waals surface area (Å²) in [6, 6.07) is 0. The first-order valence-corrected chi connectivity index (χ1v) is 5.39. The normalized spacial score (nSPS) is 30.8. The van der Waals surface area contributed by atoms with Crippen LogP contribution < -0.4 is 0 Å². The van der Waals surface area contributed by atoms with Gasteiger partial charge in [-0.2, -0.15) is 26.9 Å². The van der Waals surface area contributed by atoms with E-state index in [9.17, 15) is 30.7 Å². The summed E-state index contributed by atoms with van der Waals surface area (Å²) < 4.78 is 95.2. The fraction of sp³-hybridized carbons (Fsp3) is 1.00. The maximum atomic E-state index is 13.5. The summed E-state index contributed by atoms with van der Waals surface area (Å²) in [5.41, 5.74) is 0. The van der Waals surface area contributed by atoms with Crippen LogP contribution in [0, 0.1) is 0 Å². The molecule has 1 aliphatic rings. The SMILES string of the molecule is CCC(CN1C(F)C(F)N(C(F)(F)F)C1(F)F)OC. The summed E-state index contributed by atoms with van der Waals surface area (Å²) in [6.45, 7) is 0.665. The van der Waals surface area contributed by atoms with E-state index in [1.165, 1.54) is 6.92 Å². The third-order valence-corrected chi connectivity index (χ3v) is 2.87. The molecule has 1 fully saturated rings. The predicted molar refractivity (Wildman–Crippen MR) is 50.4 cm³/mol. The molecule has 0 amide bonds. The lowest BCUT2D eigenvalue weighted by Crippen LogP contribution is -2.54. The standard InChI is InChI=1S/C9H13F7N2O/c1-3-5(19-2)4-17-6(10)7(11)18(8(12,13)14)9(17,15)16/h5-7H,3-4H2,1-2H3. The lowest BCUT2D eigenvalue weighted by Gasteiger charge is -2.31. The highest BCUT2D eigenvalue weighted by atomic mass is 19.4. The van der Waals surface area contributed by atoms with E-state index in [1.807, 2.05) is 0 Å². The van der Waals surface area contributed by atoms with Gasteiger partial charge < -0.3 is 4.74 Å². The summed E-state index contributed by atoms with van der Waals surface area (Å²) in [5, 5.41) is 0. The van der Waals surface area contributed by atoms with E-state index >= 15 is 0 Å². The first-order chi connectivity index (χ1) is 8.57. The van der Waals surface area contributed by atoms with Crippen molar-refractivity contribution in [2.24, 2.45) is 0 Å². The van der Waals surface area contributed by atoms with Gasteiger partial charge in [-0.25, -0.2) is 8.78 Å². The summed E-state index contributed by atoms with van der Waals surface area (Å²) >= 11 is 0. The van der Waals surface area contributed by atoms with Crippen LogP contribution in [0.1, 0.15) is 13.3 Å². The molecule has 0 aromatic heterocycles. The van der Waals surface area contributed by atoms with Crippen molar-refractivity contribution in [2.45, 2.75) is 44.5 Å². The molecule has 0 bridgehead atoms. The number of nitrogens with zero attached hydrogens (tertiary/aromatic N) is 2. The van der Waals surface area contributed by atoms with Crippen molar-refractivity contribution in [2.75, 3.05) is 13.7 Å². The van der Waals surface area contributed by atoms with Crippen LogP contribution in [0.3, 0.4) is 0 Å². The second-order valence-electron chi connectivity index (χ2n) is 4.01. The lowest BCUT2D eigenvalue weighted by atomic mass is 10.2. The van der Waals surface area contributed by atoms with Crippen molar-refractivity contribution < 1.29 is 35.5 Å². The van der Waals surface area contributed by atoms with E-state index in [0.29, 0.717) is 0 Å². The monoisotopic (exact) mass is 298 g/mol. The molecule has 1 rings (SSSR count). The van der Waals surface area contributed by atoms with Gasteiger partial charge in [0.25, 0.3) is 0 Å². The summed E-state index contributed by atoms with van der Waals surface area (Å²) in [4.78, 5) is -2.21. The Morgan fingerprint density at radius 2 is 1.74 bits per heavy atom. The Kier molecular flexibility index (Phi) is 4.68. The Balaban J connectivity index is 3.00. The highest BCUT2D eigenvalue weighted by molar-refractivity contribution is 4.90. The van der Waals surface area contributed by atoms with Crippen molar-refractivity contribution >= 4 is 0 Å². The molecule has 0 aliphatic carbocycles. The molecule has 1 saturated heterocycles. The molecule has 3 atom stereocenters. The lowest BCUT2D eigenvalue weighted by molar-refractivity contribution is -0.362. The predicted octanol–water partition coefficient (Wildman–Crippen LogP) is 2.69. The first kappa shape index (κ1) is 16.4. The van der Waals surface area contributed by atoms with Crippen LogP contribution in [0.25, 0.3) is 0 Å². The van der Waals surface area contributed by atoms with Gasteiger partial charge in [-0.1, -0.05) is 6.92 Å². The van der Waals surface area contributed by atoms with Gasteiger partial charge in [-0.05, 0) is 6.42 Å². The molecule has 0 radical (unpaired) electrons. The number of halogens is 7. The zero-order valence-electron chi connectivity index (χ0n) is 10.1. The highest BCUT2D eigenvalue weighted by Crippen LogP contribution is 2.45. The topological polar surface area (TPSA) is 15.7 Å². The smallest absolute Gasteiger partial charge is 0.380 e. The molecule has 3 unspecified atom stereocenters. The van der Waals surface area contributed by atoms with Gasteiger partial charge in [0.15, 0.2) is 0 Å². The summed E-state index contributed by atoms with van der Waals surface area (Å²) in [7, 11) is 1.14. The average Bonchev–Trinajstić information content (AvgIpc) is 2.43. The van der Waals surface area contributed by atoms with Crippen LogP contribution in [0.5, 0.6) is 0 Å². The minimum Gasteiger partial charge on any atom is -0.380 e.